The Labute approximate surface area is 169 Å². The van der Waals surface area contributed by atoms with E-state index < -0.39 is 6.29 Å². The Kier molecular flexibility index (Phi) is 9.56. The van der Waals surface area contributed by atoms with Crippen LogP contribution in [0.1, 0.15) is 20.8 Å². The zero-order valence-electron chi connectivity index (χ0n) is 18.6. The minimum absolute atomic E-state index is 0.0279. The summed E-state index contributed by atoms with van der Waals surface area (Å²) in [5, 5.41) is 6.61. The topological polar surface area (TPSA) is 79.4 Å². The van der Waals surface area contributed by atoms with Crippen molar-refractivity contribution in [1.82, 2.24) is 10.6 Å². The summed E-state index contributed by atoms with van der Waals surface area (Å²) >= 11 is 0. The first-order valence-corrected chi connectivity index (χ1v) is 10.2. The van der Waals surface area contributed by atoms with E-state index in [1.165, 1.54) is 0 Å². The van der Waals surface area contributed by atoms with E-state index in [2.05, 4.69) is 31.4 Å². The molecule has 2 saturated heterocycles. The molecule has 2 fully saturated rings. The lowest BCUT2D eigenvalue weighted by Gasteiger charge is -2.47. The van der Waals surface area contributed by atoms with Crippen LogP contribution in [0.4, 0.5) is 0 Å². The Morgan fingerprint density at radius 3 is 1.79 bits per heavy atom. The fourth-order valence-corrected chi connectivity index (χ4v) is 4.67. The first-order chi connectivity index (χ1) is 13.4. The summed E-state index contributed by atoms with van der Waals surface area (Å²) in [5.41, 5.74) is 0. The summed E-state index contributed by atoms with van der Waals surface area (Å²) in [6.07, 6.45) is -0.559. The van der Waals surface area contributed by atoms with Gasteiger partial charge in [-0.3, -0.25) is 0 Å². The predicted octanol–water partition coefficient (Wildman–Crippen LogP) is 0.640. The van der Waals surface area contributed by atoms with Gasteiger partial charge in [-0.15, -0.1) is 0 Å². The number of nitrogens with one attached hydrogen (secondary N) is 2. The minimum Gasteiger partial charge on any atom is -0.382 e. The molecule has 0 spiro atoms. The van der Waals surface area contributed by atoms with E-state index in [4.69, 9.17) is 28.4 Å². The summed E-state index contributed by atoms with van der Waals surface area (Å²) in [6, 6.07) is 0.0738. The van der Waals surface area contributed by atoms with Gasteiger partial charge in [0, 0.05) is 33.2 Å². The van der Waals surface area contributed by atoms with E-state index in [-0.39, 0.29) is 54.4 Å². The quantitative estimate of drug-likeness (QED) is 0.580. The van der Waals surface area contributed by atoms with Gasteiger partial charge in [0.25, 0.3) is 0 Å². The van der Waals surface area contributed by atoms with Gasteiger partial charge in [-0.25, -0.2) is 0 Å². The second-order valence-corrected chi connectivity index (χ2v) is 7.96. The van der Waals surface area contributed by atoms with Crippen LogP contribution in [-0.4, -0.2) is 97.5 Å². The Hall–Kier alpha value is -0.320. The van der Waals surface area contributed by atoms with Gasteiger partial charge in [-0.1, -0.05) is 13.8 Å². The van der Waals surface area contributed by atoms with Crippen molar-refractivity contribution in [3.63, 3.8) is 0 Å². The van der Waals surface area contributed by atoms with Gasteiger partial charge in [-0.05, 0) is 21.0 Å². The zero-order valence-corrected chi connectivity index (χ0v) is 18.6. The molecule has 166 valence electrons. The molecular formula is C20H40N2O6. The van der Waals surface area contributed by atoms with Crippen molar-refractivity contribution in [3.8, 4) is 0 Å². The first-order valence-electron chi connectivity index (χ1n) is 10.2. The fourth-order valence-electron chi connectivity index (χ4n) is 4.67. The van der Waals surface area contributed by atoms with Crippen molar-refractivity contribution in [2.45, 2.75) is 69.7 Å². The molecule has 0 aromatic carbocycles. The Balaban J connectivity index is 2.06. The van der Waals surface area contributed by atoms with Crippen molar-refractivity contribution in [2.24, 2.45) is 11.8 Å². The molecule has 2 heterocycles. The lowest BCUT2D eigenvalue weighted by molar-refractivity contribution is -0.274. The summed E-state index contributed by atoms with van der Waals surface area (Å²) in [6.45, 7) is 7.25. The number of rotatable bonds is 9. The second kappa shape index (κ2) is 11.2. The summed E-state index contributed by atoms with van der Waals surface area (Å²) in [7, 11) is 9.00. The minimum atomic E-state index is -0.444. The molecular weight excluding hydrogens is 364 g/mol. The Morgan fingerprint density at radius 1 is 0.750 bits per heavy atom. The molecule has 8 nitrogen and oxygen atoms in total. The highest BCUT2D eigenvalue weighted by atomic mass is 16.7. The summed E-state index contributed by atoms with van der Waals surface area (Å²) in [4.78, 5) is 0. The highest BCUT2D eigenvalue weighted by Gasteiger charge is 2.46. The largest absolute Gasteiger partial charge is 0.382 e. The highest BCUT2D eigenvalue weighted by molar-refractivity contribution is 4.95. The standard InChI is InChI=1S/C20H40N2O6/c1-11-14(9-23-6)28-20(17(22-5)19(11)25-8)26-10-15-12(2)18(24-7)16(21-4)13(3)27-15/h11-22H,9-10H2,1-8H3. The fraction of sp³-hybridized carbons (Fsp3) is 1.00. The van der Waals surface area contributed by atoms with Crippen LogP contribution < -0.4 is 10.6 Å². The van der Waals surface area contributed by atoms with Crippen LogP contribution in [0.5, 0.6) is 0 Å². The van der Waals surface area contributed by atoms with Crippen LogP contribution in [0.3, 0.4) is 0 Å². The lowest BCUT2D eigenvalue weighted by Crippen LogP contribution is -2.62. The smallest absolute Gasteiger partial charge is 0.175 e. The third-order valence-electron chi connectivity index (χ3n) is 6.38. The highest BCUT2D eigenvalue weighted by Crippen LogP contribution is 2.31. The molecule has 28 heavy (non-hydrogen) atoms. The predicted molar refractivity (Wildman–Crippen MR) is 106 cm³/mol. The summed E-state index contributed by atoms with van der Waals surface area (Å²) < 4.78 is 35.6. The third-order valence-corrected chi connectivity index (χ3v) is 6.38. The van der Waals surface area contributed by atoms with Crippen LogP contribution in [0.15, 0.2) is 0 Å². The van der Waals surface area contributed by atoms with Crippen molar-refractivity contribution in [3.05, 3.63) is 0 Å². The second-order valence-electron chi connectivity index (χ2n) is 7.96. The van der Waals surface area contributed by atoms with Crippen molar-refractivity contribution >= 4 is 0 Å². The van der Waals surface area contributed by atoms with E-state index >= 15 is 0 Å². The number of methoxy groups -OCH3 is 3. The summed E-state index contributed by atoms with van der Waals surface area (Å²) in [5.74, 6) is 0.364. The number of hydrogen-bond acceptors (Lipinski definition) is 8. The normalized spacial score (nSPS) is 44.6. The average molecular weight is 405 g/mol. The van der Waals surface area contributed by atoms with Gasteiger partial charge in [0.05, 0.1) is 55.8 Å². The molecule has 10 atom stereocenters. The molecule has 2 rings (SSSR count). The van der Waals surface area contributed by atoms with E-state index in [0.29, 0.717) is 13.2 Å². The van der Waals surface area contributed by atoms with Crippen LogP contribution >= 0.6 is 0 Å². The van der Waals surface area contributed by atoms with E-state index in [1.807, 2.05) is 14.1 Å². The van der Waals surface area contributed by atoms with Crippen LogP contribution in [-0.2, 0) is 28.4 Å². The Bertz CT molecular complexity index is 456. The van der Waals surface area contributed by atoms with Gasteiger partial charge in [0.2, 0.25) is 0 Å². The molecule has 2 aliphatic rings. The molecule has 2 N–H and O–H groups in total. The van der Waals surface area contributed by atoms with Gasteiger partial charge in [0.15, 0.2) is 6.29 Å². The lowest BCUT2D eigenvalue weighted by atomic mass is 9.86. The monoisotopic (exact) mass is 404 g/mol. The van der Waals surface area contributed by atoms with Gasteiger partial charge in [-0.2, -0.15) is 0 Å². The maximum absolute atomic E-state index is 6.24. The number of likely N-dealkylation sites (N-methyl/N-ethyl adjacent to an activating group) is 2. The van der Waals surface area contributed by atoms with Crippen LogP contribution in [0.2, 0.25) is 0 Å². The van der Waals surface area contributed by atoms with Crippen LogP contribution in [0, 0.1) is 11.8 Å². The maximum atomic E-state index is 6.24. The van der Waals surface area contributed by atoms with Crippen molar-refractivity contribution in [2.75, 3.05) is 48.6 Å². The molecule has 2 aliphatic heterocycles. The maximum Gasteiger partial charge on any atom is 0.175 e. The van der Waals surface area contributed by atoms with Gasteiger partial charge in [0.1, 0.15) is 0 Å². The molecule has 0 saturated carbocycles. The molecule has 0 aliphatic carbocycles. The van der Waals surface area contributed by atoms with E-state index in [0.717, 1.165) is 0 Å². The molecule has 10 unspecified atom stereocenters. The van der Waals surface area contributed by atoms with Gasteiger partial charge < -0.3 is 39.1 Å². The molecule has 0 bridgehead atoms. The molecule has 0 aromatic rings. The zero-order chi connectivity index (χ0) is 20.8. The van der Waals surface area contributed by atoms with Crippen LogP contribution in [0.25, 0.3) is 0 Å². The first kappa shape index (κ1) is 24.0. The number of ether oxygens (including phenoxy) is 6. The third kappa shape index (κ3) is 5.05. The Morgan fingerprint density at radius 2 is 1.29 bits per heavy atom. The van der Waals surface area contributed by atoms with E-state index in [9.17, 15) is 0 Å². The molecule has 0 aromatic heterocycles. The van der Waals surface area contributed by atoms with Crippen molar-refractivity contribution < 1.29 is 28.4 Å². The average Bonchev–Trinajstić information content (AvgIpc) is 2.69. The van der Waals surface area contributed by atoms with Crippen molar-refractivity contribution in [1.29, 1.82) is 0 Å². The molecule has 0 amide bonds. The molecule has 0 radical (unpaired) electrons. The SMILES string of the molecule is CNC1C(C)OC(COC2OC(COC)C(C)C(OC)C2NC)C(C)C1OC. The van der Waals surface area contributed by atoms with E-state index in [1.54, 1.807) is 21.3 Å². The van der Waals surface area contributed by atoms with Gasteiger partial charge >= 0.3 is 0 Å². The molecule has 8 heteroatoms. The number of hydrogen-bond donors (Lipinski definition) is 2.